The van der Waals surface area contributed by atoms with Crippen LogP contribution in [0.3, 0.4) is 0 Å². The van der Waals surface area contributed by atoms with Gasteiger partial charge in [-0.2, -0.15) is 5.10 Å². The lowest BCUT2D eigenvalue weighted by Gasteiger charge is -2.39. The van der Waals surface area contributed by atoms with Gasteiger partial charge >= 0.3 is 0 Å². The van der Waals surface area contributed by atoms with Crippen LogP contribution in [0, 0.1) is 3.57 Å². The number of nitrogens with zero attached hydrogens (tertiary/aromatic N) is 2. The predicted molar refractivity (Wildman–Crippen MR) is 78.1 cm³/mol. The average molecular weight is 362 g/mol. The molecule has 2 atom stereocenters. The number of hydrogen-bond donors (Lipinski definition) is 2. The van der Waals surface area contributed by atoms with Gasteiger partial charge in [-0.05, 0) is 54.8 Å². The number of amides is 1. The van der Waals surface area contributed by atoms with Gasteiger partial charge in [0.15, 0.2) is 0 Å². The first-order chi connectivity index (χ1) is 8.57. The van der Waals surface area contributed by atoms with Crippen molar-refractivity contribution >= 4 is 28.5 Å². The van der Waals surface area contributed by atoms with E-state index in [4.69, 9.17) is 5.73 Å². The van der Waals surface area contributed by atoms with Gasteiger partial charge in [-0.1, -0.05) is 6.92 Å². The molecular formula is C12H19IN4O. The standard InChI is InChI=1S/C12H19IN4O/c1-2-15-12(11(14)18)5-3-4-10(6-12)17-8-9(13)7-16-17/h7-8,10,15H,2-6H2,1H3,(H2,14,18). The number of primary amides is 1. The average Bonchev–Trinajstić information content (AvgIpc) is 2.76. The van der Waals surface area contributed by atoms with E-state index < -0.39 is 5.54 Å². The third-order valence-electron chi connectivity index (χ3n) is 3.66. The highest BCUT2D eigenvalue weighted by molar-refractivity contribution is 14.1. The summed E-state index contributed by atoms with van der Waals surface area (Å²) in [4.78, 5) is 11.8. The molecule has 3 N–H and O–H groups in total. The molecule has 1 saturated carbocycles. The Morgan fingerprint density at radius 2 is 2.56 bits per heavy atom. The summed E-state index contributed by atoms with van der Waals surface area (Å²) in [6, 6.07) is 0.258. The third kappa shape index (κ3) is 2.69. The number of nitrogens with one attached hydrogen (secondary N) is 1. The summed E-state index contributed by atoms with van der Waals surface area (Å²) in [5.74, 6) is -0.240. The molecule has 1 aromatic rings. The monoisotopic (exact) mass is 362 g/mol. The van der Waals surface area contributed by atoms with E-state index in [1.54, 1.807) is 0 Å². The van der Waals surface area contributed by atoms with Gasteiger partial charge < -0.3 is 11.1 Å². The van der Waals surface area contributed by atoms with Crippen LogP contribution in [0.25, 0.3) is 0 Å². The van der Waals surface area contributed by atoms with E-state index in [0.29, 0.717) is 0 Å². The molecule has 2 rings (SSSR count). The minimum absolute atomic E-state index is 0.240. The molecule has 5 nitrogen and oxygen atoms in total. The van der Waals surface area contributed by atoms with E-state index in [2.05, 4.69) is 33.0 Å². The second-order valence-electron chi connectivity index (χ2n) is 4.87. The smallest absolute Gasteiger partial charge is 0.237 e. The molecule has 0 aromatic carbocycles. The predicted octanol–water partition coefficient (Wildman–Crippen LogP) is 1.44. The summed E-state index contributed by atoms with van der Waals surface area (Å²) in [5, 5.41) is 7.64. The molecule has 1 fully saturated rings. The van der Waals surface area contributed by atoms with Crippen LogP contribution in [0.15, 0.2) is 12.4 Å². The maximum atomic E-state index is 11.8. The first-order valence-electron chi connectivity index (χ1n) is 6.32. The minimum Gasteiger partial charge on any atom is -0.368 e. The van der Waals surface area contributed by atoms with Crippen molar-refractivity contribution in [3.63, 3.8) is 0 Å². The lowest BCUT2D eigenvalue weighted by atomic mass is 9.78. The number of halogens is 1. The zero-order chi connectivity index (χ0) is 13.2. The minimum atomic E-state index is -0.560. The molecule has 0 bridgehead atoms. The summed E-state index contributed by atoms with van der Waals surface area (Å²) < 4.78 is 3.09. The fraction of sp³-hybridized carbons (Fsp3) is 0.667. The maximum Gasteiger partial charge on any atom is 0.237 e. The molecule has 1 aliphatic carbocycles. The van der Waals surface area contributed by atoms with Gasteiger partial charge in [0.1, 0.15) is 0 Å². The van der Waals surface area contributed by atoms with Crippen LogP contribution in [0.1, 0.15) is 38.6 Å². The van der Waals surface area contributed by atoms with Crippen molar-refractivity contribution in [2.75, 3.05) is 6.54 Å². The van der Waals surface area contributed by atoms with Crippen LogP contribution < -0.4 is 11.1 Å². The van der Waals surface area contributed by atoms with Crippen molar-refractivity contribution in [2.24, 2.45) is 5.73 Å². The molecule has 1 heterocycles. The van der Waals surface area contributed by atoms with E-state index in [1.165, 1.54) is 0 Å². The first kappa shape index (κ1) is 13.8. The molecule has 100 valence electrons. The zero-order valence-corrected chi connectivity index (χ0v) is 12.7. The van der Waals surface area contributed by atoms with Gasteiger partial charge in [-0.25, -0.2) is 0 Å². The molecule has 0 radical (unpaired) electrons. The van der Waals surface area contributed by atoms with Crippen molar-refractivity contribution in [3.8, 4) is 0 Å². The Bertz CT molecular complexity index is 429. The first-order valence-corrected chi connectivity index (χ1v) is 7.40. The summed E-state index contributed by atoms with van der Waals surface area (Å²) in [6.07, 6.45) is 7.47. The van der Waals surface area contributed by atoms with Crippen LogP contribution in [-0.2, 0) is 4.79 Å². The quantitative estimate of drug-likeness (QED) is 0.797. The highest BCUT2D eigenvalue weighted by Gasteiger charge is 2.41. The topological polar surface area (TPSA) is 72.9 Å². The van der Waals surface area contributed by atoms with Crippen molar-refractivity contribution < 1.29 is 4.79 Å². The van der Waals surface area contributed by atoms with E-state index in [9.17, 15) is 4.79 Å². The van der Waals surface area contributed by atoms with Gasteiger partial charge in [0.2, 0.25) is 5.91 Å². The Hall–Kier alpha value is -0.630. The van der Waals surface area contributed by atoms with Crippen molar-refractivity contribution in [3.05, 3.63) is 16.0 Å². The van der Waals surface area contributed by atoms with Gasteiger partial charge in [0.05, 0.1) is 21.3 Å². The lowest BCUT2D eigenvalue weighted by Crippen LogP contribution is -2.57. The number of rotatable bonds is 4. The van der Waals surface area contributed by atoms with Crippen molar-refractivity contribution in [1.29, 1.82) is 0 Å². The summed E-state index contributed by atoms with van der Waals surface area (Å²) >= 11 is 2.25. The fourth-order valence-corrected chi connectivity index (χ4v) is 3.21. The van der Waals surface area contributed by atoms with Gasteiger partial charge in [-0.3, -0.25) is 9.48 Å². The number of carbonyl (C=O) groups is 1. The molecule has 2 unspecified atom stereocenters. The fourth-order valence-electron chi connectivity index (χ4n) is 2.80. The Labute approximate surface area is 121 Å². The molecule has 0 saturated heterocycles. The number of aromatic nitrogens is 2. The van der Waals surface area contributed by atoms with E-state index in [1.807, 2.05) is 24.0 Å². The third-order valence-corrected chi connectivity index (χ3v) is 4.21. The van der Waals surface area contributed by atoms with Gasteiger partial charge in [-0.15, -0.1) is 0 Å². The SMILES string of the molecule is CCNC1(C(N)=O)CCCC(n2cc(I)cn2)C1. The maximum absolute atomic E-state index is 11.8. The molecule has 0 aliphatic heterocycles. The van der Waals surface area contributed by atoms with Crippen LogP contribution in [0.2, 0.25) is 0 Å². The van der Waals surface area contributed by atoms with Gasteiger partial charge in [0, 0.05) is 6.20 Å². The van der Waals surface area contributed by atoms with Crippen LogP contribution >= 0.6 is 22.6 Å². The number of carbonyl (C=O) groups excluding carboxylic acids is 1. The Morgan fingerprint density at radius 3 is 3.11 bits per heavy atom. The number of nitrogens with two attached hydrogens (primary N) is 1. The van der Waals surface area contributed by atoms with E-state index in [-0.39, 0.29) is 11.9 Å². The van der Waals surface area contributed by atoms with Crippen molar-refractivity contribution in [2.45, 2.75) is 44.2 Å². The normalized spacial score (nSPS) is 28.2. The molecular weight excluding hydrogens is 343 g/mol. The molecule has 0 spiro atoms. The lowest BCUT2D eigenvalue weighted by molar-refractivity contribution is -0.126. The van der Waals surface area contributed by atoms with E-state index in [0.717, 1.165) is 35.8 Å². The summed E-state index contributed by atoms with van der Waals surface area (Å²) in [6.45, 7) is 2.76. The Kier molecular flexibility index (Phi) is 4.26. The summed E-state index contributed by atoms with van der Waals surface area (Å²) in [5.41, 5.74) is 5.04. The highest BCUT2D eigenvalue weighted by atomic mass is 127. The largest absolute Gasteiger partial charge is 0.368 e. The second-order valence-corrected chi connectivity index (χ2v) is 6.11. The number of hydrogen-bond acceptors (Lipinski definition) is 3. The molecule has 6 heteroatoms. The Balaban J connectivity index is 2.18. The highest BCUT2D eigenvalue weighted by Crippen LogP contribution is 2.35. The molecule has 1 aromatic heterocycles. The van der Waals surface area contributed by atoms with Crippen LogP contribution in [0.4, 0.5) is 0 Å². The second kappa shape index (κ2) is 5.56. The van der Waals surface area contributed by atoms with Gasteiger partial charge in [0.25, 0.3) is 0 Å². The van der Waals surface area contributed by atoms with E-state index >= 15 is 0 Å². The summed E-state index contributed by atoms with van der Waals surface area (Å²) in [7, 11) is 0. The Morgan fingerprint density at radius 1 is 1.78 bits per heavy atom. The zero-order valence-electron chi connectivity index (χ0n) is 10.5. The van der Waals surface area contributed by atoms with Crippen molar-refractivity contribution in [1.82, 2.24) is 15.1 Å². The molecule has 1 aliphatic rings. The molecule has 1 amide bonds. The van der Waals surface area contributed by atoms with Crippen LogP contribution in [-0.4, -0.2) is 27.8 Å². The van der Waals surface area contributed by atoms with Crippen LogP contribution in [0.5, 0.6) is 0 Å². The molecule has 18 heavy (non-hydrogen) atoms. The number of likely N-dealkylation sites (N-methyl/N-ethyl adjacent to an activating group) is 1.